The molecule has 0 aliphatic carbocycles. The highest BCUT2D eigenvalue weighted by Crippen LogP contribution is 2.18. The molecule has 3 heterocycles. The monoisotopic (exact) mass is 374 g/mol. The van der Waals surface area contributed by atoms with E-state index < -0.39 is 0 Å². The van der Waals surface area contributed by atoms with Crippen LogP contribution in [0.15, 0.2) is 36.7 Å². The normalized spacial score (nSPS) is 17.8. The minimum Gasteiger partial charge on any atom is -0.374 e. The fourth-order valence-electron chi connectivity index (χ4n) is 2.97. The summed E-state index contributed by atoms with van der Waals surface area (Å²) in [4.78, 5) is 23.4. The zero-order valence-electron chi connectivity index (χ0n) is 15.4. The van der Waals surface area contributed by atoms with E-state index >= 15 is 0 Å². The fourth-order valence-corrected chi connectivity index (χ4v) is 3.88. The average molecular weight is 375 g/mol. The van der Waals surface area contributed by atoms with Crippen molar-refractivity contribution in [2.45, 2.75) is 26.1 Å². The number of nitrogens with one attached hydrogen (secondary N) is 1. The first-order chi connectivity index (χ1) is 12.6. The van der Waals surface area contributed by atoms with Gasteiger partial charge in [-0.15, -0.1) is 11.3 Å². The van der Waals surface area contributed by atoms with Crippen molar-refractivity contribution in [1.82, 2.24) is 20.1 Å². The number of aryl methyl sites for hydroxylation is 1. The number of nitrogens with zero attached hydrogens (tertiary/aromatic N) is 3. The van der Waals surface area contributed by atoms with Crippen molar-refractivity contribution in [3.05, 3.63) is 52.0 Å². The zero-order chi connectivity index (χ0) is 18.4. The van der Waals surface area contributed by atoms with Crippen LogP contribution in [0.3, 0.4) is 0 Å². The van der Waals surface area contributed by atoms with Crippen LogP contribution in [0.5, 0.6) is 0 Å². The molecule has 0 radical (unpaired) electrons. The lowest BCUT2D eigenvalue weighted by atomic mass is 10.2. The third kappa shape index (κ3) is 5.52. The van der Waals surface area contributed by atoms with Gasteiger partial charge in [-0.05, 0) is 43.8 Å². The lowest BCUT2D eigenvalue weighted by Crippen LogP contribution is -2.48. The van der Waals surface area contributed by atoms with Crippen molar-refractivity contribution >= 4 is 17.4 Å². The molecule has 0 saturated carbocycles. The van der Waals surface area contributed by atoms with Crippen molar-refractivity contribution in [2.24, 2.45) is 0 Å². The van der Waals surface area contributed by atoms with E-state index in [1.165, 1.54) is 9.75 Å². The summed E-state index contributed by atoms with van der Waals surface area (Å²) in [5, 5.41) is 3.04. The second-order valence-electron chi connectivity index (χ2n) is 6.66. The van der Waals surface area contributed by atoms with Crippen molar-refractivity contribution < 1.29 is 9.53 Å². The Morgan fingerprint density at radius 3 is 2.85 bits per heavy atom. The number of hydrogen-bond donors (Lipinski definition) is 1. The molecule has 0 spiro atoms. The first-order valence-corrected chi connectivity index (χ1v) is 9.69. The molecule has 1 N–H and O–H groups in total. The van der Waals surface area contributed by atoms with Crippen LogP contribution < -0.4 is 5.32 Å². The Balaban J connectivity index is 1.62. The lowest BCUT2D eigenvalue weighted by molar-refractivity contribution is -0.0173. The van der Waals surface area contributed by atoms with Crippen LogP contribution in [0.25, 0.3) is 0 Å². The quantitative estimate of drug-likeness (QED) is 0.844. The first-order valence-electron chi connectivity index (χ1n) is 8.87. The number of rotatable bonds is 6. The van der Waals surface area contributed by atoms with Gasteiger partial charge in [0.1, 0.15) is 0 Å². The molecule has 6 nitrogen and oxygen atoms in total. The Labute approximate surface area is 158 Å². The third-order valence-corrected chi connectivity index (χ3v) is 5.36. The molecule has 2 aromatic rings. The lowest BCUT2D eigenvalue weighted by Gasteiger charge is -2.31. The van der Waals surface area contributed by atoms with Crippen molar-refractivity contribution in [2.75, 3.05) is 33.3 Å². The standard InChI is InChI=1S/C19H26N4O2S/c1-15-3-4-18(26-15)14-23(12-16-5-7-20-8-6-16)19(24)21-11-17-13-22(2)9-10-25-17/h3-8,17H,9-14H2,1-2H3,(H,21,24). The average Bonchev–Trinajstić information content (AvgIpc) is 3.05. The Kier molecular flexibility index (Phi) is 6.60. The van der Waals surface area contributed by atoms with Gasteiger partial charge in [-0.25, -0.2) is 4.79 Å². The number of pyridine rings is 1. The number of amides is 2. The molecular weight excluding hydrogens is 348 g/mol. The van der Waals surface area contributed by atoms with Gasteiger partial charge in [0.2, 0.25) is 0 Å². The van der Waals surface area contributed by atoms with Gasteiger partial charge in [-0.2, -0.15) is 0 Å². The van der Waals surface area contributed by atoms with Crippen molar-refractivity contribution in [3.8, 4) is 0 Å². The number of ether oxygens (including phenoxy) is 1. The maximum Gasteiger partial charge on any atom is 0.318 e. The molecule has 1 saturated heterocycles. The molecule has 140 valence electrons. The predicted octanol–water partition coefficient (Wildman–Crippen LogP) is 2.49. The second kappa shape index (κ2) is 9.12. The molecule has 1 aliphatic rings. The molecule has 26 heavy (non-hydrogen) atoms. The smallest absolute Gasteiger partial charge is 0.318 e. The SMILES string of the molecule is Cc1ccc(CN(Cc2ccncc2)C(=O)NCC2CN(C)CCO2)s1. The van der Waals surface area contributed by atoms with Crippen LogP contribution in [0.1, 0.15) is 15.3 Å². The highest BCUT2D eigenvalue weighted by Gasteiger charge is 2.21. The number of morpholine rings is 1. The van der Waals surface area contributed by atoms with Gasteiger partial charge in [0, 0.05) is 48.3 Å². The summed E-state index contributed by atoms with van der Waals surface area (Å²) in [5.41, 5.74) is 1.07. The summed E-state index contributed by atoms with van der Waals surface area (Å²) in [6, 6.07) is 8.00. The van der Waals surface area contributed by atoms with E-state index in [0.717, 1.165) is 18.7 Å². The van der Waals surface area contributed by atoms with Crippen molar-refractivity contribution in [3.63, 3.8) is 0 Å². The summed E-state index contributed by atoms with van der Waals surface area (Å²) in [6.45, 7) is 6.25. The fraction of sp³-hybridized carbons (Fsp3) is 0.474. The van der Waals surface area contributed by atoms with Crippen LogP contribution in [0.2, 0.25) is 0 Å². The van der Waals surface area contributed by atoms with Gasteiger partial charge in [-0.1, -0.05) is 0 Å². The van der Waals surface area contributed by atoms with Gasteiger partial charge in [0.25, 0.3) is 0 Å². The Bertz CT molecular complexity index is 707. The summed E-state index contributed by atoms with van der Waals surface area (Å²) >= 11 is 1.73. The van der Waals surface area contributed by atoms with Crippen LogP contribution >= 0.6 is 11.3 Å². The predicted molar refractivity (Wildman–Crippen MR) is 103 cm³/mol. The van der Waals surface area contributed by atoms with Gasteiger partial charge >= 0.3 is 6.03 Å². The van der Waals surface area contributed by atoms with E-state index in [9.17, 15) is 4.79 Å². The van der Waals surface area contributed by atoms with E-state index in [2.05, 4.69) is 41.3 Å². The number of aromatic nitrogens is 1. The zero-order valence-corrected chi connectivity index (χ0v) is 16.2. The van der Waals surface area contributed by atoms with Gasteiger partial charge < -0.3 is 19.9 Å². The van der Waals surface area contributed by atoms with E-state index in [4.69, 9.17) is 4.74 Å². The number of carbonyl (C=O) groups excluding carboxylic acids is 1. The molecular formula is C19H26N4O2S. The molecule has 0 aromatic carbocycles. The number of urea groups is 1. The van der Waals surface area contributed by atoms with E-state index in [1.54, 1.807) is 23.7 Å². The number of thiophene rings is 1. The molecule has 1 unspecified atom stereocenters. The molecule has 1 fully saturated rings. The second-order valence-corrected chi connectivity index (χ2v) is 8.04. The van der Waals surface area contributed by atoms with Gasteiger partial charge in [0.05, 0.1) is 19.3 Å². The third-order valence-electron chi connectivity index (χ3n) is 4.38. The van der Waals surface area contributed by atoms with Crippen LogP contribution in [-0.2, 0) is 17.8 Å². The number of carbonyl (C=O) groups is 1. The summed E-state index contributed by atoms with van der Waals surface area (Å²) in [5.74, 6) is 0. The number of hydrogen-bond acceptors (Lipinski definition) is 5. The van der Waals surface area contributed by atoms with Gasteiger partial charge in [-0.3, -0.25) is 4.98 Å². The minimum absolute atomic E-state index is 0.0458. The van der Waals surface area contributed by atoms with Crippen LogP contribution in [0.4, 0.5) is 4.79 Å². The Morgan fingerprint density at radius 2 is 2.15 bits per heavy atom. The van der Waals surface area contributed by atoms with Crippen molar-refractivity contribution in [1.29, 1.82) is 0 Å². The Hall–Kier alpha value is -1.96. The number of likely N-dealkylation sites (N-methyl/N-ethyl adjacent to an activating group) is 1. The molecule has 1 atom stereocenters. The highest BCUT2D eigenvalue weighted by molar-refractivity contribution is 7.11. The molecule has 1 aliphatic heterocycles. The van der Waals surface area contributed by atoms with Gasteiger partial charge in [0.15, 0.2) is 0 Å². The largest absolute Gasteiger partial charge is 0.374 e. The maximum absolute atomic E-state index is 12.8. The Morgan fingerprint density at radius 1 is 1.35 bits per heavy atom. The summed E-state index contributed by atoms with van der Waals surface area (Å²) in [6.07, 6.45) is 3.56. The minimum atomic E-state index is -0.0651. The molecule has 7 heteroatoms. The molecule has 3 rings (SSSR count). The van der Waals surface area contributed by atoms with E-state index in [-0.39, 0.29) is 12.1 Å². The summed E-state index contributed by atoms with van der Waals surface area (Å²) in [7, 11) is 2.08. The van der Waals surface area contributed by atoms with E-state index in [1.807, 2.05) is 17.0 Å². The molecule has 2 amide bonds. The first kappa shape index (κ1) is 18.8. The topological polar surface area (TPSA) is 57.7 Å². The summed E-state index contributed by atoms with van der Waals surface area (Å²) < 4.78 is 5.74. The maximum atomic E-state index is 12.8. The van der Waals surface area contributed by atoms with Crippen LogP contribution in [0, 0.1) is 6.92 Å². The molecule has 0 bridgehead atoms. The highest BCUT2D eigenvalue weighted by atomic mass is 32.1. The molecule has 2 aromatic heterocycles. The van der Waals surface area contributed by atoms with Crippen LogP contribution in [-0.4, -0.2) is 60.2 Å². The van der Waals surface area contributed by atoms with E-state index in [0.29, 0.717) is 26.2 Å².